The van der Waals surface area contributed by atoms with Crippen LogP contribution in [-0.2, 0) is 22.1 Å². The van der Waals surface area contributed by atoms with Gasteiger partial charge in [0.05, 0.1) is 19.8 Å². The van der Waals surface area contributed by atoms with Gasteiger partial charge in [-0.1, -0.05) is 71.7 Å². The Morgan fingerprint density at radius 1 is 0.806 bits per heavy atom. The zero-order valence-electron chi connectivity index (χ0n) is 16.7. The van der Waals surface area contributed by atoms with Crippen molar-refractivity contribution >= 4 is 66.8 Å². The third kappa shape index (κ3) is 4.16. The second kappa shape index (κ2) is 8.98. The van der Waals surface area contributed by atoms with E-state index < -0.39 is 22.1 Å². The molecule has 0 saturated heterocycles. The monoisotopic (exact) mass is 491 g/mol. The topological polar surface area (TPSA) is 66.4 Å². The summed E-state index contributed by atoms with van der Waals surface area (Å²) in [6.07, 6.45) is 0. The average Bonchev–Trinajstić information content (AvgIpc) is 2.71. The summed E-state index contributed by atoms with van der Waals surface area (Å²) < 4.78 is 39.0. The Morgan fingerprint density at radius 2 is 1.26 bits per heavy atom. The summed E-state index contributed by atoms with van der Waals surface area (Å²) in [5, 5.41) is 3.58. The number of benzene rings is 4. The van der Waals surface area contributed by atoms with Crippen LogP contribution in [0.5, 0.6) is 0 Å². The van der Waals surface area contributed by atoms with Gasteiger partial charge in [-0.25, -0.2) is 13.1 Å². The fourth-order valence-electron chi connectivity index (χ4n) is 3.71. The Balaban J connectivity index is 2.26. The molecule has 4 nitrogen and oxygen atoms in total. The summed E-state index contributed by atoms with van der Waals surface area (Å²) in [6, 6.07) is 18.3. The van der Waals surface area contributed by atoms with Crippen LogP contribution in [0, 0.1) is 0 Å². The van der Waals surface area contributed by atoms with E-state index in [0.717, 1.165) is 21.5 Å². The molecule has 160 valence electrons. The van der Waals surface area contributed by atoms with Gasteiger partial charge in [-0.2, -0.15) is 0 Å². The molecule has 0 aliphatic rings. The fraction of sp³-hybridized carbons (Fsp3) is 0.130. The van der Waals surface area contributed by atoms with Gasteiger partial charge in [0.25, 0.3) is 0 Å². The summed E-state index contributed by atoms with van der Waals surface area (Å²) in [7, 11) is -1.67. The van der Waals surface area contributed by atoms with Crippen LogP contribution in [-0.4, -0.2) is 19.0 Å². The lowest BCUT2D eigenvalue weighted by Crippen LogP contribution is -2.25. The number of nitrogens with one attached hydrogen (secondary N) is 1. The van der Waals surface area contributed by atoms with Gasteiger partial charge in [-0.05, 0) is 47.5 Å². The lowest BCUT2D eigenvalue weighted by atomic mass is 9.93. The average molecular weight is 492 g/mol. The van der Waals surface area contributed by atoms with Crippen molar-refractivity contribution in [1.82, 2.24) is 4.72 Å². The van der Waals surface area contributed by atoms with Crippen LogP contribution in [0.1, 0.15) is 13.8 Å². The fourth-order valence-corrected chi connectivity index (χ4v) is 6.33. The largest absolute Gasteiger partial charge is 0.302 e. The number of halogens is 2. The van der Waals surface area contributed by atoms with Gasteiger partial charge < -0.3 is 4.55 Å². The minimum Gasteiger partial charge on any atom is -0.302 e. The summed E-state index contributed by atoms with van der Waals surface area (Å²) in [5.74, 6) is 0. The molecule has 0 aliphatic heterocycles. The second-order valence-corrected chi connectivity index (χ2v) is 10.3. The first kappa shape index (κ1) is 22.4. The van der Waals surface area contributed by atoms with Crippen molar-refractivity contribution in [1.29, 1.82) is 0 Å². The summed E-state index contributed by atoms with van der Waals surface area (Å²) >= 11 is 10.8. The molecule has 0 amide bonds. The number of hydrogen-bond acceptors (Lipinski definition) is 2. The Kier molecular flexibility index (Phi) is 6.49. The molecule has 0 bridgehead atoms. The predicted molar refractivity (Wildman–Crippen MR) is 131 cm³/mol. The van der Waals surface area contributed by atoms with Crippen LogP contribution in [0.4, 0.5) is 0 Å². The highest BCUT2D eigenvalue weighted by molar-refractivity contribution is 7.83. The third-order valence-electron chi connectivity index (χ3n) is 4.87. The van der Waals surface area contributed by atoms with Crippen LogP contribution in [0.15, 0.2) is 70.5 Å². The van der Waals surface area contributed by atoms with Crippen molar-refractivity contribution in [3.8, 4) is 11.1 Å². The van der Waals surface area contributed by atoms with E-state index in [1.165, 1.54) is 0 Å². The molecule has 0 heterocycles. The van der Waals surface area contributed by atoms with Crippen molar-refractivity contribution in [3.05, 3.63) is 70.7 Å². The molecule has 0 aromatic heterocycles. The maximum atomic E-state index is 13.4. The van der Waals surface area contributed by atoms with E-state index in [1.807, 2.05) is 62.4 Å². The molecule has 0 saturated carbocycles. The lowest BCUT2D eigenvalue weighted by Gasteiger charge is -2.20. The summed E-state index contributed by atoms with van der Waals surface area (Å²) in [4.78, 5) is 0.420. The van der Waals surface area contributed by atoms with Gasteiger partial charge in [0, 0.05) is 17.2 Å². The Morgan fingerprint density at radius 3 is 1.74 bits per heavy atom. The van der Waals surface area contributed by atoms with E-state index in [9.17, 15) is 13.0 Å². The molecule has 0 spiro atoms. The van der Waals surface area contributed by atoms with Gasteiger partial charge >= 0.3 is 0 Å². The molecular formula is C23H19Cl2NO3S2. The Bertz CT molecular complexity index is 1370. The molecule has 4 aromatic carbocycles. The van der Waals surface area contributed by atoms with E-state index in [2.05, 4.69) is 4.72 Å². The second-order valence-electron chi connectivity index (χ2n) is 7.36. The molecular weight excluding hydrogens is 473 g/mol. The molecule has 2 N–H and O–H groups in total. The van der Waals surface area contributed by atoms with Crippen molar-refractivity contribution in [2.24, 2.45) is 0 Å². The van der Waals surface area contributed by atoms with Gasteiger partial charge in [0.2, 0.25) is 0 Å². The van der Waals surface area contributed by atoms with Crippen LogP contribution in [0.3, 0.4) is 0 Å². The highest BCUT2D eigenvalue weighted by atomic mass is 35.5. The van der Waals surface area contributed by atoms with E-state index in [1.54, 1.807) is 12.1 Å². The first-order valence-corrected chi connectivity index (χ1v) is 12.5. The quantitative estimate of drug-likeness (QED) is 0.310. The standard InChI is InChI=1S/C23H19Cl2NO3S2/c1-13(2)26-30(27)22-18(24)11-14-7-3-5-9-16(14)20(22)21-17-10-6-4-8-15(17)12-19(25)23(21)31(28)29/h3-13,26H,1-2H3,(H,28,29). The van der Waals surface area contributed by atoms with Crippen molar-refractivity contribution in [2.75, 3.05) is 0 Å². The van der Waals surface area contributed by atoms with Gasteiger partial charge in [0.15, 0.2) is 11.1 Å². The number of hydrogen-bond donors (Lipinski definition) is 2. The lowest BCUT2D eigenvalue weighted by molar-refractivity contribution is 0.565. The molecule has 2 unspecified atom stereocenters. The SMILES string of the molecule is CC(C)NS(=O)c1c(Cl)cc2ccccc2c1-c1c(S(=O)O)c(Cl)cc2ccccc12. The van der Waals surface area contributed by atoms with E-state index >= 15 is 0 Å². The first-order valence-electron chi connectivity index (χ1n) is 9.51. The zero-order valence-corrected chi connectivity index (χ0v) is 19.8. The van der Waals surface area contributed by atoms with Crippen LogP contribution >= 0.6 is 23.2 Å². The normalized spacial score (nSPS) is 13.7. The van der Waals surface area contributed by atoms with E-state index in [0.29, 0.717) is 21.0 Å². The molecule has 4 aromatic rings. The Hall–Kier alpha value is -1.80. The molecule has 0 aliphatic carbocycles. The van der Waals surface area contributed by atoms with Crippen LogP contribution in [0.2, 0.25) is 10.0 Å². The van der Waals surface area contributed by atoms with Crippen molar-refractivity contribution in [2.45, 2.75) is 29.7 Å². The minimum atomic E-state index is -2.38. The molecule has 8 heteroatoms. The number of rotatable bonds is 5. The maximum absolute atomic E-state index is 13.4. The molecule has 31 heavy (non-hydrogen) atoms. The molecule has 2 atom stereocenters. The zero-order chi connectivity index (χ0) is 22.3. The smallest absolute Gasteiger partial charge is 0.188 e. The highest BCUT2D eigenvalue weighted by Crippen LogP contribution is 2.45. The van der Waals surface area contributed by atoms with Gasteiger partial charge in [0.1, 0.15) is 11.0 Å². The molecule has 4 rings (SSSR count). The third-order valence-corrected chi connectivity index (χ3v) is 7.94. The first-order chi connectivity index (χ1) is 14.8. The Labute approximate surface area is 195 Å². The molecule has 0 fully saturated rings. The summed E-state index contributed by atoms with van der Waals surface area (Å²) in [6.45, 7) is 3.77. The van der Waals surface area contributed by atoms with E-state index in [-0.39, 0.29) is 16.0 Å². The van der Waals surface area contributed by atoms with Crippen LogP contribution < -0.4 is 4.72 Å². The summed E-state index contributed by atoms with van der Waals surface area (Å²) in [5.41, 5.74) is 0.988. The van der Waals surface area contributed by atoms with Crippen LogP contribution in [0.25, 0.3) is 32.7 Å². The maximum Gasteiger partial charge on any atom is 0.188 e. The minimum absolute atomic E-state index is 0.0654. The molecule has 0 radical (unpaired) electrons. The van der Waals surface area contributed by atoms with Crippen molar-refractivity contribution < 1.29 is 13.0 Å². The highest BCUT2D eigenvalue weighted by Gasteiger charge is 2.26. The van der Waals surface area contributed by atoms with Crippen molar-refractivity contribution in [3.63, 3.8) is 0 Å². The van der Waals surface area contributed by atoms with E-state index in [4.69, 9.17) is 23.2 Å². The number of fused-ring (bicyclic) bond motifs is 2. The van der Waals surface area contributed by atoms with Gasteiger partial charge in [-0.3, -0.25) is 0 Å². The van der Waals surface area contributed by atoms with Gasteiger partial charge in [-0.15, -0.1) is 0 Å². The predicted octanol–water partition coefficient (Wildman–Crippen LogP) is 6.57.